The Hall–Kier alpha value is -1.71. The molecule has 3 rings (SSSR count). The van der Waals surface area contributed by atoms with Gasteiger partial charge in [-0.05, 0) is 44.9 Å². The minimum absolute atomic E-state index is 0.378. The number of aromatic nitrogens is 1. The first-order valence-electron chi connectivity index (χ1n) is 9.16. The lowest BCUT2D eigenvalue weighted by molar-refractivity contribution is -0.122. The van der Waals surface area contributed by atoms with E-state index in [4.69, 9.17) is 4.74 Å². The highest BCUT2D eigenvalue weighted by Crippen LogP contribution is 2.24. The summed E-state index contributed by atoms with van der Waals surface area (Å²) >= 11 is 1.42. The van der Waals surface area contributed by atoms with Crippen LogP contribution in [-0.2, 0) is 21.4 Å². The molecule has 0 bridgehead atoms. The molecule has 0 saturated carbocycles. The summed E-state index contributed by atoms with van der Waals surface area (Å²) in [5.41, 5.74) is 0.987. The van der Waals surface area contributed by atoms with Crippen LogP contribution in [0.2, 0.25) is 0 Å². The maximum Gasteiger partial charge on any atom is 0.266 e. The van der Waals surface area contributed by atoms with Crippen molar-refractivity contribution in [2.24, 2.45) is 4.99 Å². The van der Waals surface area contributed by atoms with Crippen LogP contribution in [-0.4, -0.2) is 48.6 Å². The Balaban J connectivity index is 2.02. The summed E-state index contributed by atoms with van der Waals surface area (Å²) in [6.45, 7) is 5.56. The summed E-state index contributed by atoms with van der Waals surface area (Å²) in [4.78, 5) is 17.7. The van der Waals surface area contributed by atoms with Crippen LogP contribution < -0.4 is 9.54 Å². The number of nitrogens with zero attached hydrogens (tertiary/aromatic N) is 3. The summed E-state index contributed by atoms with van der Waals surface area (Å²) in [5, 5.41) is 0. The molecular formula is C18H25N3O4S2. The van der Waals surface area contributed by atoms with Gasteiger partial charge in [0.25, 0.3) is 5.91 Å². The van der Waals surface area contributed by atoms with E-state index in [-0.39, 0.29) is 5.91 Å². The molecule has 148 valence electrons. The average Bonchev–Trinajstić information content (AvgIpc) is 2.97. The van der Waals surface area contributed by atoms with Crippen molar-refractivity contribution in [3.63, 3.8) is 0 Å². The Bertz CT molecular complexity index is 1010. The van der Waals surface area contributed by atoms with E-state index in [1.54, 1.807) is 0 Å². The Kier molecular flexibility index (Phi) is 6.02. The van der Waals surface area contributed by atoms with Crippen LogP contribution in [0.3, 0.4) is 0 Å². The van der Waals surface area contributed by atoms with E-state index in [1.807, 2.05) is 36.6 Å². The number of carbonyl (C=O) groups is 1. The number of amides is 1. The number of fused-ring (bicyclic) bond motifs is 1. The van der Waals surface area contributed by atoms with Gasteiger partial charge in [-0.2, -0.15) is 9.30 Å². The van der Waals surface area contributed by atoms with E-state index in [2.05, 4.69) is 4.99 Å². The standard InChI is InChI=1S/C18H25N3O4S2/c1-4-20-14-10-9-13(25-5-2)12-16(14)26-18(20)19-17(22)15-8-6-7-11-21(15)27(3,23)24/h9-10,12,15H,4-8,11H2,1-3H3. The molecule has 9 heteroatoms. The lowest BCUT2D eigenvalue weighted by Crippen LogP contribution is -2.47. The highest BCUT2D eigenvalue weighted by atomic mass is 32.2. The maximum absolute atomic E-state index is 12.8. The zero-order valence-electron chi connectivity index (χ0n) is 15.8. The van der Waals surface area contributed by atoms with Gasteiger partial charge in [-0.15, -0.1) is 0 Å². The number of hydrogen-bond donors (Lipinski definition) is 0. The first kappa shape index (κ1) is 20.0. The van der Waals surface area contributed by atoms with Crippen molar-refractivity contribution in [3.8, 4) is 5.75 Å². The van der Waals surface area contributed by atoms with Gasteiger partial charge in [0, 0.05) is 13.1 Å². The van der Waals surface area contributed by atoms with Gasteiger partial charge in [-0.25, -0.2) is 8.42 Å². The summed E-state index contributed by atoms with van der Waals surface area (Å²) in [7, 11) is -3.43. The number of carbonyl (C=O) groups excluding carboxylic acids is 1. The average molecular weight is 412 g/mol. The molecule has 27 heavy (non-hydrogen) atoms. The zero-order chi connectivity index (χ0) is 19.6. The molecule has 0 aliphatic carbocycles. The number of sulfonamides is 1. The molecule has 1 unspecified atom stereocenters. The van der Waals surface area contributed by atoms with E-state index >= 15 is 0 Å². The first-order chi connectivity index (χ1) is 12.8. The number of rotatable bonds is 5. The number of hydrogen-bond acceptors (Lipinski definition) is 5. The molecule has 1 aliphatic heterocycles. The summed E-state index contributed by atoms with van der Waals surface area (Å²) < 4.78 is 33.9. The number of thiazole rings is 1. The van der Waals surface area contributed by atoms with Crippen molar-refractivity contribution >= 4 is 37.5 Å². The number of aryl methyl sites for hydroxylation is 1. The highest BCUT2D eigenvalue weighted by Gasteiger charge is 2.34. The van der Waals surface area contributed by atoms with Crippen LogP contribution in [0.4, 0.5) is 0 Å². The van der Waals surface area contributed by atoms with Crippen LogP contribution in [0.15, 0.2) is 23.2 Å². The van der Waals surface area contributed by atoms with Gasteiger partial charge in [0.2, 0.25) is 10.0 Å². The van der Waals surface area contributed by atoms with Gasteiger partial charge in [-0.1, -0.05) is 17.8 Å². The predicted molar refractivity (Wildman–Crippen MR) is 106 cm³/mol. The van der Waals surface area contributed by atoms with E-state index < -0.39 is 16.1 Å². The molecule has 1 saturated heterocycles. The van der Waals surface area contributed by atoms with Gasteiger partial charge < -0.3 is 9.30 Å². The highest BCUT2D eigenvalue weighted by molar-refractivity contribution is 7.88. The molecule has 1 amide bonds. The van der Waals surface area contributed by atoms with Crippen molar-refractivity contribution in [2.75, 3.05) is 19.4 Å². The molecule has 0 spiro atoms. The number of ether oxygens (including phenoxy) is 1. The topological polar surface area (TPSA) is 81.0 Å². The maximum atomic E-state index is 12.8. The Morgan fingerprint density at radius 2 is 2.11 bits per heavy atom. The molecule has 1 atom stereocenters. The summed E-state index contributed by atoms with van der Waals surface area (Å²) in [5.74, 6) is 0.391. The molecule has 1 aromatic heterocycles. The van der Waals surface area contributed by atoms with Crippen LogP contribution in [0, 0.1) is 0 Å². The zero-order valence-corrected chi connectivity index (χ0v) is 17.5. The van der Waals surface area contributed by atoms with Gasteiger partial charge in [-0.3, -0.25) is 4.79 Å². The van der Waals surface area contributed by atoms with Crippen LogP contribution >= 0.6 is 11.3 Å². The summed E-state index contributed by atoms with van der Waals surface area (Å²) in [6.07, 6.45) is 3.27. The normalized spacial score (nSPS) is 19.5. The van der Waals surface area contributed by atoms with Crippen molar-refractivity contribution in [3.05, 3.63) is 23.0 Å². The van der Waals surface area contributed by atoms with Crippen LogP contribution in [0.1, 0.15) is 33.1 Å². The second kappa shape index (κ2) is 8.12. The summed E-state index contributed by atoms with van der Waals surface area (Å²) in [6, 6.07) is 5.11. The SMILES string of the molecule is CCOc1ccc2c(c1)sc(=NC(=O)C1CCCCN1S(C)(=O)=O)n2CC. The van der Waals surface area contributed by atoms with Gasteiger partial charge in [0.1, 0.15) is 11.8 Å². The third-order valence-corrected chi connectivity index (χ3v) is 6.98. The Labute approximate surface area is 163 Å². The van der Waals surface area contributed by atoms with Gasteiger partial charge in [0.15, 0.2) is 4.80 Å². The molecule has 0 radical (unpaired) electrons. The molecular weight excluding hydrogens is 386 g/mol. The second-order valence-electron chi connectivity index (χ2n) is 6.53. The van der Waals surface area contributed by atoms with Crippen LogP contribution in [0.25, 0.3) is 10.2 Å². The Morgan fingerprint density at radius 1 is 1.33 bits per heavy atom. The Morgan fingerprint density at radius 3 is 2.78 bits per heavy atom. The third kappa shape index (κ3) is 4.25. The number of benzene rings is 1. The van der Waals surface area contributed by atoms with E-state index in [1.165, 1.54) is 15.6 Å². The fraction of sp³-hybridized carbons (Fsp3) is 0.556. The second-order valence-corrected chi connectivity index (χ2v) is 9.47. The lowest BCUT2D eigenvalue weighted by atomic mass is 10.0. The van der Waals surface area contributed by atoms with E-state index in [0.29, 0.717) is 30.9 Å². The van der Waals surface area contributed by atoms with Crippen molar-refractivity contribution in [2.45, 2.75) is 45.7 Å². The molecule has 0 N–H and O–H groups in total. The fourth-order valence-corrected chi connectivity index (χ4v) is 5.66. The molecule has 7 nitrogen and oxygen atoms in total. The van der Waals surface area contributed by atoms with Gasteiger partial charge >= 0.3 is 0 Å². The largest absolute Gasteiger partial charge is 0.494 e. The van der Waals surface area contributed by atoms with Crippen molar-refractivity contribution < 1.29 is 17.9 Å². The monoisotopic (exact) mass is 411 g/mol. The quantitative estimate of drug-likeness (QED) is 0.756. The lowest BCUT2D eigenvalue weighted by Gasteiger charge is -2.31. The first-order valence-corrected chi connectivity index (χ1v) is 11.8. The molecule has 1 fully saturated rings. The molecule has 1 aliphatic rings. The van der Waals surface area contributed by atoms with E-state index in [9.17, 15) is 13.2 Å². The molecule has 1 aromatic carbocycles. The molecule has 2 heterocycles. The van der Waals surface area contributed by atoms with E-state index in [0.717, 1.165) is 35.1 Å². The minimum Gasteiger partial charge on any atom is -0.494 e. The van der Waals surface area contributed by atoms with Crippen LogP contribution in [0.5, 0.6) is 5.75 Å². The molecule has 2 aromatic rings. The minimum atomic E-state index is -3.43. The van der Waals surface area contributed by atoms with Crippen molar-refractivity contribution in [1.82, 2.24) is 8.87 Å². The smallest absolute Gasteiger partial charge is 0.266 e. The predicted octanol–water partition coefficient (Wildman–Crippen LogP) is 2.36. The fourth-order valence-electron chi connectivity index (χ4n) is 3.42. The third-order valence-electron chi connectivity index (χ3n) is 4.65. The van der Waals surface area contributed by atoms with Crippen molar-refractivity contribution in [1.29, 1.82) is 0 Å². The van der Waals surface area contributed by atoms with Gasteiger partial charge in [0.05, 0.1) is 23.1 Å². The number of piperidine rings is 1.